The van der Waals surface area contributed by atoms with Crippen molar-refractivity contribution in [1.29, 1.82) is 0 Å². The van der Waals surface area contributed by atoms with Gasteiger partial charge in [0.15, 0.2) is 0 Å². The van der Waals surface area contributed by atoms with Crippen LogP contribution >= 0.6 is 0 Å². The topological polar surface area (TPSA) is 76.1 Å². The van der Waals surface area contributed by atoms with E-state index < -0.39 is 5.97 Å². The lowest BCUT2D eigenvalue weighted by atomic mass is 10.2. The van der Waals surface area contributed by atoms with Crippen LogP contribution in [-0.4, -0.2) is 55.3 Å². The van der Waals surface area contributed by atoms with Crippen LogP contribution in [0, 0.1) is 5.82 Å². The summed E-state index contributed by atoms with van der Waals surface area (Å²) in [5.74, 6) is -1.14. The van der Waals surface area contributed by atoms with Gasteiger partial charge >= 0.3 is 5.97 Å². The molecule has 7 heteroatoms. The average molecular weight is 313 g/mol. The summed E-state index contributed by atoms with van der Waals surface area (Å²) in [5.41, 5.74) is 0. The number of carboxylic acid groups (broad SMARTS) is 1. The van der Waals surface area contributed by atoms with E-state index >= 15 is 0 Å². The highest BCUT2D eigenvalue weighted by atomic mass is 19.1. The summed E-state index contributed by atoms with van der Waals surface area (Å²) in [4.78, 5) is 23.9. The Balaban J connectivity index is 2.32. The first-order valence-corrected chi connectivity index (χ1v) is 6.90. The Hall–Kier alpha value is -2.15. The number of benzene rings is 1. The second kappa shape index (κ2) is 9.73. The summed E-state index contributed by atoms with van der Waals surface area (Å²) in [6.07, 6.45) is 0.623. The van der Waals surface area contributed by atoms with Crippen molar-refractivity contribution >= 4 is 11.9 Å². The third kappa shape index (κ3) is 7.03. The van der Waals surface area contributed by atoms with Gasteiger partial charge in [0.1, 0.15) is 18.1 Å². The molecule has 0 heterocycles. The predicted molar refractivity (Wildman–Crippen MR) is 77.2 cm³/mol. The summed E-state index contributed by atoms with van der Waals surface area (Å²) in [5, 5.41) is 8.78. The Morgan fingerprint density at radius 1 is 1.23 bits per heavy atom. The summed E-state index contributed by atoms with van der Waals surface area (Å²) in [7, 11) is 1.49. The molecule has 0 bridgehead atoms. The number of halogens is 1. The highest BCUT2D eigenvalue weighted by Gasteiger charge is 2.16. The molecule has 0 aliphatic heterocycles. The van der Waals surface area contributed by atoms with Crippen molar-refractivity contribution in [3.8, 4) is 5.75 Å². The molecule has 22 heavy (non-hydrogen) atoms. The third-order valence-electron chi connectivity index (χ3n) is 2.86. The minimum Gasteiger partial charge on any atom is -0.494 e. The van der Waals surface area contributed by atoms with E-state index in [9.17, 15) is 14.0 Å². The number of carboxylic acids is 1. The fraction of sp³-hybridized carbons (Fsp3) is 0.467. The number of methoxy groups -OCH3 is 1. The first-order valence-electron chi connectivity index (χ1n) is 6.90. The minimum atomic E-state index is -1.06. The van der Waals surface area contributed by atoms with Crippen molar-refractivity contribution in [3.63, 3.8) is 0 Å². The molecule has 0 fully saturated rings. The van der Waals surface area contributed by atoms with E-state index in [4.69, 9.17) is 14.6 Å². The fourth-order valence-electron chi connectivity index (χ4n) is 1.76. The lowest BCUT2D eigenvalue weighted by molar-refractivity contribution is -0.145. The molecule has 1 N–H and O–H groups in total. The minimum absolute atomic E-state index is 0.179. The zero-order valence-corrected chi connectivity index (χ0v) is 12.5. The number of hydrogen-bond acceptors (Lipinski definition) is 4. The molecule has 0 atom stereocenters. The average Bonchev–Trinajstić information content (AvgIpc) is 2.49. The quantitative estimate of drug-likeness (QED) is 0.663. The van der Waals surface area contributed by atoms with Crippen LogP contribution in [0.2, 0.25) is 0 Å². The smallest absolute Gasteiger partial charge is 0.323 e. The van der Waals surface area contributed by atoms with Crippen LogP contribution in [0.25, 0.3) is 0 Å². The Labute approximate surface area is 128 Å². The molecule has 122 valence electrons. The molecule has 1 rings (SSSR count). The van der Waals surface area contributed by atoms with Gasteiger partial charge in [-0.3, -0.25) is 9.59 Å². The van der Waals surface area contributed by atoms with Gasteiger partial charge in [0, 0.05) is 20.1 Å². The van der Waals surface area contributed by atoms with Crippen molar-refractivity contribution in [1.82, 2.24) is 4.90 Å². The molecule has 0 aliphatic carbocycles. The molecule has 0 aromatic heterocycles. The monoisotopic (exact) mass is 313 g/mol. The number of carbonyl (C=O) groups excluding carboxylic acids is 1. The number of ether oxygens (including phenoxy) is 2. The number of hydrogen-bond donors (Lipinski definition) is 1. The van der Waals surface area contributed by atoms with Crippen LogP contribution in [0.5, 0.6) is 5.75 Å². The predicted octanol–water partition coefficient (Wildman–Crippen LogP) is 1.54. The molecule has 0 radical (unpaired) electrons. The van der Waals surface area contributed by atoms with Crippen LogP contribution in [0.4, 0.5) is 4.39 Å². The standard InChI is InChI=1S/C15H20FNO5/c1-21-10-8-17(11-15(19)20)14(18)3-2-9-22-13-6-4-12(16)5-7-13/h4-7H,2-3,8-11H2,1H3,(H,19,20). The maximum absolute atomic E-state index is 12.7. The second-order valence-electron chi connectivity index (χ2n) is 4.61. The molecule has 0 aliphatic rings. The van der Waals surface area contributed by atoms with Gasteiger partial charge in [-0.05, 0) is 30.7 Å². The Bertz CT molecular complexity index is 477. The van der Waals surface area contributed by atoms with E-state index in [0.717, 1.165) is 0 Å². The van der Waals surface area contributed by atoms with Crippen LogP contribution in [0.3, 0.4) is 0 Å². The number of amides is 1. The summed E-state index contributed by atoms with van der Waals surface area (Å²) in [6.45, 7) is 0.467. The molecule has 0 saturated carbocycles. The summed E-state index contributed by atoms with van der Waals surface area (Å²) in [6, 6.07) is 5.60. The van der Waals surface area contributed by atoms with Crippen molar-refractivity contribution in [3.05, 3.63) is 30.1 Å². The van der Waals surface area contributed by atoms with Crippen molar-refractivity contribution < 1.29 is 28.6 Å². The molecule has 6 nitrogen and oxygen atoms in total. The van der Waals surface area contributed by atoms with E-state index in [1.54, 1.807) is 0 Å². The van der Waals surface area contributed by atoms with Crippen LogP contribution in [0.1, 0.15) is 12.8 Å². The van der Waals surface area contributed by atoms with Crippen molar-refractivity contribution in [2.75, 3.05) is 33.4 Å². The number of rotatable bonds is 10. The van der Waals surface area contributed by atoms with Gasteiger partial charge in [-0.25, -0.2) is 4.39 Å². The highest BCUT2D eigenvalue weighted by molar-refractivity contribution is 5.81. The summed E-state index contributed by atoms with van der Waals surface area (Å²) >= 11 is 0. The lowest BCUT2D eigenvalue weighted by Gasteiger charge is -2.20. The van der Waals surface area contributed by atoms with E-state index in [-0.39, 0.29) is 37.8 Å². The second-order valence-corrected chi connectivity index (χ2v) is 4.61. The summed E-state index contributed by atoms with van der Waals surface area (Å²) < 4.78 is 22.9. The molecule has 1 amide bonds. The highest BCUT2D eigenvalue weighted by Crippen LogP contribution is 2.11. The van der Waals surface area contributed by atoms with Crippen molar-refractivity contribution in [2.45, 2.75) is 12.8 Å². The number of nitrogens with zero attached hydrogens (tertiary/aromatic N) is 1. The molecule has 1 aromatic carbocycles. The van der Waals surface area contributed by atoms with E-state index in [2.05, 4.69) is 0 Å². The van der Waals surface area contributed by atoms with Crippen LogP contribution in [0.15, 0.2) is 24.3 Å². The largest absolute Gasteiger partial charge is 0.494 e. The zero-order chi connectivity index (χ0) is 16.4. The third-order valence-corrected chi connectivity index (χ3v) is 2.86. The molecule has 0 unspecified atom stereocenters. The van der Waals surface area contributed by atoms with Crippen LogP contribution < -0.4 is 4.74 Å². The van der Waals surface area contributed by atoms with E-state index in [1.807, 2.05) is 0 Å². The van der Waals surface area contributed by atoms with Gasteiger partial charge in [0.05, 0.1) is 13.2 Å². The first kappa shape index (κ1) is 17.9. The SMILES string of the molecule is COCCN(CC(=O)O)C(=O)CCCOc1ccc(F)cc1. The van der Waals surface area contributed by atoms with Crippen molar-refractivity contribution in [2.24, 2.45) is 0 Å². The molecule has 1 aromatic rings. The normalized spacial score (nSPS) is 10.3. The maximum Gasteiger partial charge on any atom is 0.323 e. The zero-order valence-electron chi connectivity index (χ0n) is 12.5. The van der Waals surface area contributed by atoms with Gasteiger partial charge in [-0.1, -0.05) is 0 Å². The van der Waals surface area contributed by atoms with Gasteiger partial charge in [0.25, 0.3) is 0 Å². The van der Waals surface area contributed by atoms with Gasteiger partial charge < -0.3 is 19.5 Å². The lowest BCUT2D eigenvalue weighted by Crippen LogP contribution is -2.38. The Morgan fingerprint density at radius 3 is 2.50 bits per heavy atom. The first-order chi connectivity index (χ1) is 10.5. The Kier molecular flexibility index (Phi) is 7.91. The molecular formula is C15H20FNO5. The van der Waals surface area contributed by atoms with Gasteiger partial charge in [-0.15, -0.1) is 0 Å². The number of carbonyl (C=O) groups is 2. The van der Waals surface area contributed by atoms with E-state index in [1.165, 1.54) is 36.3 Å². The van der Waals surface area contributed by atoms with E-state index in [0.29, 0.717) is 18.8 Å². The van der Waals surface area contributed by atoms with Crippen LogP contribution in [-0.2, 0) is 14.3 Å². The number of aliphatic carboxylic acids is 1. The fourth-order valence-corrected chi connectivity index (χ4v) is 1.76. The van der Waals surface area contributed by atoms with Gasteiger partial charge in [0.2, 0.25) is 5.91 Å². The Morgan fingerprint density at radius 2 is 1.91 bits per heavy atom. The molecule has 0 spiro atoms. The molecule has 0 saturated heterocycles. The van der Waals surface area contributed by atoms with Gasteiger partial charge in [-0.2, -0.15) is 0 Å². The maximum atomic E-state index is 12.7. The molecular weight excluding hydrogens is 293 g/mol.